The fourth-order valence-electron chi connectivity index (χ4n) is 3.08. The number of carbonyl (C=O) groups excluding carboxylic acids is 2. The highest BCUT2D eigenvalue weighted by atomic mass is 16.6. The first-order chi connectivity index (χ1) is 15.8. The van der Waals surface area contributed by atoms with E-state index in [2.05, 4.69) is 12.2 Å². The normalized spacial score (nSPS) is 10.5. The molecular formula is C22H28BN4O6. The molecule has 10 nitrogen and oxygen atoms in total. The van der Waals surface area contributed by atoms with Crippen molar-refractivity contribution in [2.45, 2.75) is 45.4 Å². The third-order valence-corrected chi connectivity index (χ3v) is 4.70. The monoisotopic (exact) mass is 455 g/mol. The summed E-state index contributed by atoms with van der Waals surface area (Å²) in [4.78, 5) is 35.2. The summed E-state index contributed by atoms with van der Waals surface area (Å²) in [6.45, 7) is 2.03. The quantitative estimate of drug-likeness (QED) is 0.0607. The first kappa shape index (κ1) is 25.8. The number of carbonyl (C=O) groups is 2. The van der Waals surface area contributed by atoms with Crippen LogP contribution in [0.25, 0.3) is 0 Å². The van der Waals surface area contributed by atoms with Crippen LogP contribution >= 0.6 is 0 Å². The van der Waals surface area contributed by atoms with Gasteiger partial charge in [0.1, 0.15) is 5.75 Å². The van der Waals surface area contributed by atoms with Crippen molar-refractivity contribution in [2.24, 2.45) is 5.73 Å². The van der Waals surface area contributed by atoms with Gasteiger partial charge in [0, 0.05) is 29.9 Å². The Balaban J connectivity index is 2.11. The van der Waals surface area contributed by atoms with Crippen molar-refractivity contribution in [3.05, 3.63) is 52.1 Å². The van der Waals surface area contributed by atoms with Gasteiger partial charge in [-0.05, 0) is 36.1 Å². The molecule has 0 aliphatic heterocycles. The molecule has 0 saturated carbocycles. The van der Waals surface area contributed by atoms with Crippen LogP contribution in [0, 0.1) is 10.1 Å². The molecule has 0 bridgehead atoms. The van der Waals surface area contributed by atoms with E-state index in [1.165, 1.54) is 19.6 Å². The fourth-order valence-corrected chi connectivity index (χ4v) is 3.08. The standard InChI is InChI=1S/C22H28BN4O6/c1-2-3-4-5-6-7-21(28)26-17-8-9-20(19(13-17)23-32-14-24)33-22(29)15-10-16(25)12-18(11-15)27(30)31/h8-13H,2-7,14,24-25H2,1H3,(H,26,28). The van der Waals surface area contributed by atoms with Gasteiger partial charge in [-0.1, -0.05) is 32.6 Å². The van der Waals surface area contributed by atoms with E-state index in [-0.39, 0.29) is 35.3 Å². The highest BCUT2D eigenvalue weighted by molar-refractivity contribution is 6.48. The maximum atomic E-state index is 12.6. The molecule has 1 amide bonds. The minimum absolute atomic E-state index is 0.0576. The number of hydrogen-bond acceptors (Lipinski definition) is 8. The number of esters is 1. The lowest BCUT2D eigenvalue weighted by Gasteiger charge is -2.13. The number of ether oxygens (including phenoxy) is 1. The first-order valence-corrected chi connectivity index (χ1v) is 10.7. The number of nitrogens with two attached hydrogens (primary N) is 2. The zero-order chi connectivity index (χ0) is 24.2. The average Bonchev–Trinajstić information content (AvgIpc) is 2.78. The average molecular weight is 455 g/mol. The van der Waals surface area contributed by atoms with Crippen molar-refractivity contribution in [1.82, 2.24) is 0 Å². The molecule has 0 atom stereocenters. The number of hydrogen-bond donors (Lipinski definition) is 3. The highest BCUT2D eigenvalue weighted by Gasteiger charge is 2.18. The van der Waals surface area contributed by atoms with Crippen LogP contribution in [0.3, 0.4) is 0 Å². The minimum Gasteiger partial charge on any atom is -0.423 e. The number of nitrogens with one attached hydrogen (secondary N) is 1. The van der Waals surface area contributed by atoms with Crippen LogP contribution in [-0.2, 0) is 9.45 Å². The molecular weight excluding hydrogens is 427 g/mol. The van der Waals surface area contributed by atoms with E-state index in [1.54, 1.807) is 12.1 Å². The molecule has 0 unspecified atom stereocenters. The predicted molar refractivity (Wildman–Crippen MR) is 126 cm³/mol. The van der Waals surface area contributed by atoms with Gasteiger partial charge < -0.3 is 26.2 Å². The Labute approximate surface area is 193 Å². The van der Waals surface area contributed by atoms with Crippen molar-refractivity contribution in [3.63, 3.8) is 0 Å². The number of benzene rings is 2. The molecule has 2 aromatic carbocycles. The summed E-state index contributed by atoms with van der Waals surface area (Å²) in [6, 6.07) is 8.15. The van der Waals surface area contributed by atoms with Crippen molar-refractivity contribution in [1.29, 1.82) is 0 Å². The van der Waals surface area contributed by atoms with Gasteiger partial charge in [0.15, 0.2) is 0 Å². The molecule has 2 aromatic rings. The molecule has 5 N–H and O–H groups in total. The summed E-state index contributed by atoms with van der Waals surface area (Å²) < 4.78 is 10.5. The molecule has 0 aliphatic carbocycles. The number of nitrogen functional groups attached to an aromatic ring is 1. The van der Waals surface area contributed by atoms with E-state index in [4.69, 9.17) is 20.9 Å². The third-order valence-electron chi connectivity index (χ3n) is 4.70. The lowest BCUT2D eigenvalue weighted by molar-refractivity contribution is -0.384. The zero-order valence-corrected chi connectivity index (χ0v) is 18.5. The second kappa shape index (κ2) is 13.2. The molecule has 1 radical (unpaired) electrons. The van der Waals surface area contributed by atoms with Gasteiger partial charge in [0.05, 0.1) is 17.2 Å². The first-order valence-electron chi connectivity index (χ1n) is 10.7. The molecule has 0 aromatic heterocycles. The smallest absolute Gasteiger partial charge is 0.343 e. The van der Waals surface area contributed by atoms with Crippen LogP contribution < -0.4 is 27.0 Å². The molecule has 0 heterocycles. The summed E-state index contributed by atoms with van der Waals surface area (Å²) in [6.07, 6.45) is 5.63. The van der Waals surface area contributed by atoms with E-state index < -0.39 is 10.9 Å². The largest absolute Gasteiger partial charge is 0.423 e. The molecule has 0 fully saturated rings. The molecule has 2 rings (SSSR count). The van der Waals surface area contributed by atoms with Crippen LogP contribution in [0.1, 0.15) is 55.8 Å². The maximum absolute atomic E-state index is 12.6. The van der Waals surface area contributed by atoms with Crippen LogP contribution in [0.15, 0.2) is 36.4 Å². The zero-order valence-electron chi connectivity index (χ0n) is 18.5. The number of nitro groups is 1. The van der Waals surface area contributed by atoms with Gasteiger partial charge in [-0.25, -0.2) is 4.79 Å². The second-order valence-corrected chi connectivity index (χ2v) is 7.38. The fraction of sp³-hybridized carbons (Fsp3) is 0.364. The lowest BCUT2D eigenvalue weighted by atomic mass is 9.86. The van der Waals surface area contributed by atoms with E-state index in [0.29, 0.717) is 17.6 Å². The Hall–Kier alpha value is -3.44. The third kappa shape index (κ3) is 8.55. The molecule has 11 heteroatoms. The number of rotatable bonds is 13. The van der Waals surface area contributed by atoms with E-state index in [1.807, 2.05) is 0 Å². The molecule has 33 heavy (non-hydrogen) atoms. The number of amides is 1. The van der Waals surface area contributed by atoms with Gasteiger partial charge in [0.25, 0.3) is 5.69 Å². The highest BCUT2D eigenvalue weighted by Crippen LogP contribution is 2.21. The molecule has 0 saturated heterocycles. The number of nitrogens with zero attached hydrogens (tertiary/aromatic N) is 1. The predicted octanol–water partition coefficient (Wildman–Crippen LogP) is 2.87. The van der Waals surface area contributed by atoms with Crippen molar-refractivity contribution in [3.8, 4) is 5.75 Å². The van der Waals surface area contributed by atoms with Gasteiger partial charge in [-0.2, -0.15) is 0 Å². The number of non-ortho nitro benzene ring substituents is 1. The van der Waals surface area contributed by atoms with E-state index >= 15 is 0 Å². The Morgan fingerprint density at radius 1 is 1.12 bits per heavy atom. The summed E-state index contributed by atoms with van der Waals surface area (Å²) in [5.74, 6) is -0.832. The van der Waals surface area contributed by atoms with Crippen LogP contribution in [0.5, 0.6) is 5.75 Å². The van der Waals surface area contributed by atoms with Gasteiger partial charge in [-0.3, -0.25) is 14.9 Å². The minimum atomic E-state index is -0.836. The Bertz CT molecular complexity index is 985. The van der Waals surface area contributed by atoms with E-state index in [9.17, 15) is 19.7 Å². The van der Waals surface area contributed by atoms with Crippen molar-refractivity contribution in [2.75, 3.05) is 17.8 Å². The summed E-state index contributed by atoms with van der Waals surface area (Å²) in [7, 11) is 1.30. The van der Waals surface area contributed by atoms with Crippen LogP contribution in [0.2, 0.25) is 0 Å². The SMILES string of the molecule is CCCCCCCC(=O)Nc1ccc(OC(=O)c2cc(N)cc([N+](=O)[O-])c2)c([B]OCN)c1. The van der Waals surface area contributed by atoms with Crippen LogP contribution in [0.4, 0.5) is 17.1 Å². The summed E-state index contributed by atoms with van der Waals surface area (Å²) >= 11 is 0. The van der Waals surface area contributed by atoms with E-state index in [0.717, 1.165) is 44.2 Å². The Morgan fingerprint density at radius 3 is 2.58 bits per heavy atom. The van der Waals surface area contributed by atoms with Gasteiger partial charge in [-0.15, -0.1) is 0 Å². The summed E-state index contributed by atoms with van der Waals surface area (Å²) in [5, 5.41) is 13.8. The Kier molecular flexibility index (Phi) is 10.3. The number of nitro benzene ring substituents is 1. The number of unbranched alkanes of at least 4 members (excludes halogenated alkanes) is 4. The topological polar surface area (TPSA) is 160 Å². The van der Waals surface area contributed by atoms with Crippen LogP contribution in [-0.4, -0.2) is 31.0 Å². The molecule has 175 valence electrons. The molecule has 0 aliphatic rings. The lowest BCUT2D eigenvalue weighted by Crippen LogP contribution is -2.25. The van der Waals surface area contributed by atoms with Crippen molar-refractivity contribution < 1.29 is 23.9 Å². The van der Waals surface area contributed by atoms with Gasteiger partial charge >= 0.3 is 13.5 Å². The van der Waals surface area contributed by atoms with Gasteiger partial charge in [0.2, 0.25) is 5.91 Å². The second-order valence-electron chi connectivity index (χ2n) is 7.38. The van der Waals surface area contributed by atoms with Crippen molar-refractivity contribution >= 4 is 41.9 Å². The number of anilines is 2. The Morgan fingerprint density at radius 2 is 1.88 bits per heavy atom. The maximum Gasteiger partial charge on any atom is 0.343 e. The summed E-state index contributed by atoms with van der Waals surface area (Å²) in [5.41, 5.74) is 11.5. The molecule has 0 spiro atoms.